The molecular formula is C11H13N5O4S. The lowest BCUT2D eigenvalue weighted by Gasteiger charge is -2.08. The highest BCUT2D eigenvalue weighted by molar-refractivity contribution is 7.89. The predicted octanol–water partition coefficient (Wildman–Crippen LogP) is 0.352. The molecule has 0 aliphatic carbocycles. The lowest BCUT2D eigenvalue weighted by atomic mass is 10.3. The van der Waals surface area contributed by atoms with Crippen molar-refractivity contribution < 1.29 is 13.3 Å². The number of nitrogen functional groups attached to an aromatic ring is 1. The SMILES string of the molecule is Nc1ccc(S(=O)(=O)NCCn2cccn2)c([N+](=O)[O-])c1. The van der Waals surface area contributed by atoms with Crippen LogP contribution in [-0.2, 0) is 16.6 Å². The smallest absolute Gasteiger partial charge is 0.291 e. The second-order valence-corrected chi connectivity index (χ2v) is 5.89. The number of nitro benzene ring substituents is 1. The number of nitrogens with one attached hydrogen (secondary N) is 1. The third kappa shape index (κ3) is 3.55. The lowest BCUT2D eigenvalue weighted by Crippen LogP contribution is -2.28. The van der Waals surface area contributed by atoms with Crippen LogP contribution in [0.3, 0.4) is 0 Å². The molecule has 0 radical (unpaired) electrons. The number of benzene rings is 1. The van der Waals surface area contributed by atoms with Crippen LogP contribution in [0.1, 0.15) is 0 Å². The number of aromatic nitrogens is 2. The van der Waals surface area contributed by atoms with Crippen LogP contribution in [0, 0.1) is 10.1 Å². The molecule has 0 saturated carbocycles. The monoisotopic (exact) mass is 311 g/mol. The van der Waals surface area contributed by atoms with E-state index < -0.39 is 25.5 Å². The Bertz CT molecular complexity index is 742. The van der Waals surface area contributed by atoms with Gasteiger partial charge in [-0.05, 0) is 18.2 Å². The first-order valence-corrected chi connectivity index (χ1v) is 7.39. The largest absolute Gasteiger partial charge is 0.399 e. The number of nitrogens with zero attached hydrogens (tertiary/aromatic N) is 3. The minimum atomic E-state index is -3.99. The summed E-state index contributed by atoms with van der Waals surface area (Å²) in [5.74, 6) is 0. The van der Waals surface area contributed by atoms with E-state index in [4.69, 9.17) is 5.73 Å². The van der Waals surface area contributed by atoms with E-state index in [0.717, 1.165) is 12.1 Å². The van der Waals surface area contributed by atoms with Gasteiger partial charge in [-0.15, -0.1) is 0 Å². The molecule has 1 heterocycles. The van der Waals surface area contributed by atoms with Gasteiger partial charge < -0.3 is 5.73 Å². The van der Waals surface area contributed by atoms with Crippen molar-refractivity contribution in [2.24, 2.45) is 0 Å². The highest BCUT2D eigenvalue weighted by Crippen LogP contribution is 2.25. The summed E-state index contributed by atoms with van der Waals surface area (Å²) < 4.78 is 28.1. The van der Waals surface area contributed by atoms with Gasteiger partial charge in [0.2, 0.25) is 10.0 Å². The number of nitro groups is 1. The van der Waals surface area contributed by atoms with Gasteiger partial charge in [0.25, 0.3) is 5.69 Å². The Labute approximate surface area is 120 Å². The third-order valence-electron chi connectivity index (χ3n) is 2.66. The fourth-order valence-corrected chi connectivity index (χ4v) is 2.88. The first kappa shape index (κ1) is 14.9. The first-order valence-electron chi connectivity index (χ1n) is 5.91. The maximum Gasteiger partial charge on any atom is 0.291 e. The zero-order chi connectivity index (χ0) is 15.5. The van der Waals surface area contributed by atoms with Crippen molar-refractivity contribution in [1.29, 1.82) is 0 Å². The van der Waals surface area contributed by atoms with Crippen LogP contribution in [-0.4, -0.2) is 29.7 Å². The fraction of sp³-hybridized carbons (Fsp3) is 0.182. The maximum atomic E-state index is 12.1. The number of sulfonamides is 1. The van der Waals surface area contributed by atoms with Gasteiger partial charge in [0.1, 0.15) is 0 Å². The Balaban J connectivity index is 2.17. The van der Waals surface area contributed by atoms with E-state index in [0.29, 0.717) is 6.54 Å². The van der Waals surface area contributed by atoms with E-state index >= 15 is 0 Å². The molecule has 10 heteroatoms. The summed E-state index contributed by atoms with van der Waals surface area (Å²) in [7, 11) is -3.99. The number of hydrogen-bond acceptors (Lipinski definition) is 6. The first-order chi connectivity index (χ1) is 9.90. The Hall–Kier alpha value is -2.46. The fourth-order valence-electron chi connectivity index (χ4n) is 1.71. The summed E-state index contributed by atoms with van der Waals surface area (Å²) in [6.45, 7) is 0.376. The van der Waals surface area contributed by atoms with E-state index in [-0.39, 0.29) is 12.2 Å². The van der Waals surface area contributed by atoms with Crippen LogP contribution < -0.4 is 10.5 Å². The predicted molar refractivity (Wildman–Crippen MR) is 74.9 cm³/mol. The van der Waals surface area contributed by atoms with Gasteiger partial charge >= 0.3 is 0 Å². The normalized spacial score (nSPS) is 11.4. The van der Waals surface area contributed by atoms with Gasteiger partial charge in [0.15, 0.2) is 4.90 Å². The number of hydrogen-bond donors (Lipinski definition) is 2. The van der Waals surface area contributed by atoms with E-state index in [2.05, 4.69) is 9.82 Å². The zero-order valence-corrected chi connectivity index (χ0v) is 11.7. The number of nitrogens with two attached hydrogens (primary N) is 1. The van der Waals surface area contributed by atoms with Gasteiger partial charge in [-0.3, -0.25) is 14.8 Å². The maximum absolute atomic E-state index is 12.1. The van der Waals surface area contributed by atoms with Crippen molar-refractivity contribution in [2.45, 2.75) is 11.4 Å². The van der Waals surface area contributed by atoms with Gasteiger partial charge in [0.05, 0.1) is 11.5 Å². The molecule has 21 heavy (non-hydrogen) atoms. The zero-order valence-electron chi connectivity index (χ0n) is 10.8. The molecule has 2 aromatic rings. The molecule has 0 amide bonds. The average Bonchev–Trinajstić information content (AvgIpc) is 2.91. The van der Waals surface area contributed by atoms with Gasteiger partial charge in [-0.2, -0.15) is 5.10 Å². The molecule has 112 valence electrons. The lowest BCUT2D eigenvalue weighted by molar-refractivity contribution is -0.387. The van der Waals surface area contributed by atoms with E-state index in [1.54, 1.807) is 23.1 Å². The van der Waals surface area contributed by atoms with Crippen molar-refractivity contribution in [3.63, 3.8) is 0 Å². The van der Waals surface area contributed by atoms with E-state index in [9.17, 15) is 18.5 Å². The van der Waals surface area contributed by atoms with Crippen LogP contribution in [0.15, 0.2) is 41.6 Å². The van der Waals surface area contributed by atoms with E-state index in [1.165, 1.54) is 6.07 Å². The summed E-state index contributed by atoms with van der Waals surface area (Å²) >= 11 is 0. The summed E-state index contributed by atoms with van der Waals surface area (Å²) in [5, 5.41) is 14.8. The van der Waals surface area contributed by atoms with Crippen molar-refractivity contribution in [3.8, 4) is 0 Å². The minimum Gasteiger partial charge on any atom is -0.399 e. The summed E-state index contributed by atoms with van der Waals surface area (Å²) in [5.41, 5.74) is 5.01. The van der Waals surface area contributed by atoms with Gasteiger partial charge in [-0.25, -0.2) is 13.1 Å². The highest BCUT2D eigenvalue weighted by Gasteiger charge is 2.25. The van der Waals surface area contributed by atoms with Gasteiger partial charge in [0, 0.05) is 30.7 Å². The standard InChI is InChI=1S/C11H13N5O4S/c12-9-2-3-11(10(8-9)16(17)18)21(19,20)14-5-7-15-6-1-4-13-15/h1-4,6,8,14H,5,7,12H2. The molecule has 0 bridgehead atoms. The molecule has 0 atom stereocenters. The second kappa shape index (κ2) is 5.89. The van der Waals surface area contributed by atoms with E-state index in [1.807, 2.05) is 0 Å². The molecule has 3 N–H and O–H groups in total. The Morgan fingerprint density at radius 2 is 2.19 bits per heavy atom. The molecule has 0 fully saturated rings. The van der Waals surface area contributed by atoms with Crippen molar-refractivity contribution in [3.05, 3.63) is 46.8 Å². The molecule has 1 aromatic carbocycles. The Morgan fingerprint density at radius 3 is 2.81 bits per heavy atom. The Morgan fingerprint density at radius 1 is 1.43 bits per heavy atom. The van der Waals surface area contributed by atoms with Crippen LogP contribution in [0.25, 0.3) is 0 Å². The molecule has 0 spiro atoms. The molecule has 0 aliphatic rings. The number of rotatable bonds is 6. The molecule has 9 nitrogen and oxygen atoms in total. The van der Waals surface area contributed by atoms with Crippen LogP contribution in [0.2, 0.25) is 0 Å². The molecule has 0 saturated heterocycles. The molecule has 1 aromatic heterocycles. The summed E-state index contributed by atoms with van der Waals surface area (Å²) in [4.78, 5) is 9.73. The van der Waals surface area contributed by atoms with Gasteiger partial charge in [-0.1, -0.05) is 0 Å². The highest BCUT2D eigenvalue weighted by atomic mass is 32.2. The molecule has 0 aliphatic heterocycles. The van der Waals surface area contributed by atoms with Crippen LogP contribution >= 0.6 is 0 Å². The minimum absolute atomic E-state index is 0.0611. The third-order valence-corrected chi connectivity index (χ3v) is 4.17. The van der Waals surface area contributed by atoms with Crippen LogP contribution in [0.4, 0.5) is 11.4 Å². The van der Waals surface area contributed by atoms with Crippen molar-refractivity contribution in [2.75, 3.05) is 12.3 Å². The van der Waals surface area contributed by atoms with Crippen LogP contribution in [0.5, 0.6) is 0 Å². The summed E-state index contributed by atoms with van der Waals surface area (Å²) in [6.07, 6.45) is 3.25. The average molecular weight is 311 g/mol. The number of anilines is 1. The van der Waals surface area contributed by atoms with Crippen molar-refractivity contribution >= 4 is 21.4 Å². The molecule has 0 unspecified atom stereocenters. The second-order valence-electron chi connectivity index (χ2n) is 4.15. The quantitative estimate of drug-likeness (QED) is 0.449. The summed E-state index contributed by atoms with van der Waals surface area (Å²) in [6, 6.07) is 5.14. The topological polar surface area (TPSA) is 133 Å². The molecular weight excluding hydrogens is 298 g/mol. The molecule has 2 rings (SSSR count). The Kier molecular flexibility index (Phi) is 4.19. The van der Waals surface area contributed by atoms with Crippen molar-refractivity contribution in [1.82, 2.24) is 14.5 Å².